The molecule has 3 rings (SSSR count). The van der Waals surface area contributed by atoms with Crippen LogP contribution in [0.4, 0.5) is 4.79 Å². The zero-order valence-electron chi connectivity index (χ0n) is 14.2. The Labute approximate surface area is 145 Å². The average Bonchev–Trinajstić information content (AvgIpc) is 2.61. The fourth-order valence-electron chi connectivity index (χ4n) is 2.64. The van der Waals surface area contributed by atoms with E-state index in [0.717, 1.165) is 5.69 Å². The number of rotatable bonds is 4. The lowest BCUT2D eigenvalue weighted by Gasteiger charge is -2.30. The zero-order valence-corrected chi connectivity index (χ0v) is 14.2. The minimum atomic E-state index is -0.890. The van der Waals surface area contributed by atoms with Gasteiger partial charge in [0, 0.05) is 32.1 Å². The molecule has 0 saturated carbocycles. The van der Waals surface area contributed by atoms with Gasteiger partial charge in [-0.05, 0) is 26.0 Å². The maximum absolute atomic E-state index is 11.0. The maximum atomic E-state index is 11.0. The maximum Gasteiger partial charge on any atom is 0.407 e. The van der Waals surface area contributed by atoms with Gasteiger partial charge in [-0.25, -0.2) is 14.8 Å². The molecular weight excluding hydrogens is 324 g/mol. The van der Waals surface area contributed by atoms with E-state index in [1.807, 2.05) is 19.9 Å². The molecule has 2 aromatic heterocycles. The standard InChI is InChI=1S/C17H20N4O4/c1-11-15(24-13-5-8-21(9-6-13)17(22)23)19-10-20-16(11)25-14-4-3-7-18-12(14)2/h3-4,7,10,13H,5-6,8-9H2,1-2H3,(H,22,23). The van der Waals surface area contributed by atoms with E-state index >= 15 is 0 Å². The van der Waals surface area contributed by atoms with Gasteiger partial charge in [0.2, 0.25) is 11.8 Å². The van der Waals surface area contributed by atoms with Gasteiger partial charge in [-0.1, -0.05) is 0 Å². The highest BCUT2D eigenvalue weighted by atomic mass is 16.5. The van der Waals surface area contributed by atoms with Crippen molar-refractivity contribution in [2.75, 3.05) is 13.1 Å². The highest BCUT2D eigenvalue weighted by Gasteiger charge is 2.24. The third kappa shape index (κ3) is 3.96. The molecule has 1 amide bonds. The van der Waals surface area contributed by atoms with Gasteiger partial charge in [-0.3, -0.25) is 4.98 Å². The number of pyridine rings is 1. The number of ether oxygens (including phenoxy) is 2. The number of amides is 1. The van der Waals surface area contributed by atoms with Crippen molar-refractivity contribution in [3.63, 3.8) is 0 Å². The van der Waals surface area contributed by atoms with E-state index in [-0.39, 0.29) is 6.10 Å². The molecule has 1 aliphatic heterocycles. The van der Waals surface area contributed by atoms with Crippen LogP contribution in [-0.2, 0) is 0 Å². The second-order valence-corrected chi connectivity index (χ2v) is 5.88. The molecule has 8 nitrogen and oxygen atoms in total. The number of piperidine rings is 1. The molecule has 1 saturated heterocycles. The number of likely N-dealkylation sites (tertiary alicyclic amines) is 1. The van der Waals surface area contributed by atoms with Crippen molar-refractivity contribution in [3.8, 4) is 17.5 Å². The van der Waals surface area contributed by atoms with E-state index in [1.165, 1.54) is 11.2 Å². The van der Waals surface area contributed by atoms with Crippen molar-refractivity contribution >= 4 is 6.09 Å². The summed E-state index contributed by atoms with van der Waals surface area (Å²) in [6.07, 6.45) is 3.40. The molecule has 25 heavy (non-hydrogen) atoms. The second kappa shape index (κ2) is 7.33. The van der Waals surface area contributed by atoms with Gasteiger partial charge in [-0.2, -0.15) is 0 Å². The summed E-state index contributed by atoms with van der Waals surface area (Å²) in [6, 6.07) is 3.62. The van der Waals surface area contributed by atoms with Crippen LogP contribution in [0.2, 0.25) is 0 Å². The molecule has 0 atom stereocenters. The van der Waals surface area contributed by atoms with E-state index in [1.54, 1.807) is 12.3 Å². The van der Waals surface area contributed by atoms with Crippen molar-refractivity contribution in [1.82, 2.24) is 19.9 Å². The topological polar surface area (TPSA) is 97.7 Å². The Morgan fingerprint density at radius 3 is 2.60 bits per heavy atom. The first-order chi connectivity index (χ1) is 12.0. The minimum Gasteiger partial charge on any atom is -0.474 e. The van der Waals surface area contributed by atoms with Gasteiger partial charge in [-0.15, -0.1) is 0 Å². The Bertz CT molecular complexity index is 760. The number of hydrogen-bond donors (Lipinski definition) is 1. The van der Waals surface area contributed by atoms with E-state index in [4.69, 9.17) is 14.6 Å². The number of hydrogen-bond acceptors (Lipinski definition) is 6. The van der Waals surface area contributed by atoms with E-state index in [0.29, 0.717) is 49.0 Å². The molecule has 8 heteroatoms. The number of aryl methyl sites for hydroxylation is 1. The molecule has 2 aromatic rings. The molecule has 0 aliphatic carbocycles. The molecule has 1 aliphatic rings. The van der Waals surface area contributed by atoms with Crippen LogP contribution in [-0.4, -0.2) is 50.2 Å². The van der Waals surface area contributed by atoms with Gasteiger partial charge in [0.25, 0.3) is 0 Å². The first-order valence-electron chi connectivity index (χ1n) is 8.10. The fraction of sp³-hybridized carbons (Fsp3) is 0.412. The first-order valence-corrected chi connectivity index (χ1v) is 8.10. The summed E-state index contributed by atoms with van der Waals surface area (Å²) in [5.41, 5.74) is 1.47. The zero-order chi connectivity index (χ0) is 17.8. The van der Waals surface area contributed by atoms with Crippen LogP contribution < -0.4 is 9.47 Å². The number of carbonyl (C=O) groups is 1. The van der Waals surface area contributed by atoms with Crippen molar-refractivity contribution < 1.29 is 19.4 Å². The molecule has 0 unspecified atom stereocenters. The third-order valence-corrected chi connectivity index (χ3v) is 4.15. The van der Waals surface area contributed by atoms with E-state index in [9.17, 15) is 4.79 Å². The van der Waals surface area contributed by atoms with E-state index < -0.39 is 6.09 Å². The number of nitrogens with zero attached hydrogens (tertiary/aromatic N) is 4. The number of carboxylic acid groups (broad SMARTS) is 1. The molecule has 0 radical (unpaired) electrons. The normalized spacial score (nSPS) is 15.0. The average molecular weight is 344 g/mol. The Morgan fingerprint density at radius 2 is 1.92 bits per heavy atom. The van der Waals surface area contributed by atoms with Crippen LogP contribution in [0.3, 0.4) is 0 Å². The van der Waals surface area contributed by atoms with E-state index in [2.05, 4.69) is 15.0 Å². The summed E-state index contributed by atoms with van der Waals surface area (Å²) < 4.78 is 11.8. The van der Waals surface area contributed by atoms with Gasteiger partial charge in [0.1, 0.15) is 12.4 Å². The third-order valence-electron chi connectivity index (χ3n) is 4.15. The summed E-state index contributed by atoms with van der Waals surface area (Å²) in [7, 11) is 0. The highest BCUT2D eigenvalue weighted by molar-refractivity contribution is 5.65. The van der Waals surface area contributed by atoms with Crippen LogP contribution in [0.1, 0.15) is 24.1 Å². The predicted octanol–water partition coefficient (Wildman–Crippen LogP) is 2.80. The lowest BCUT2D eigenvalue weighted by atomic mass is 10.1. The van der Waals surface area contributed by atoms with Gasteiger partial charge < -0.3 is 19.5 Å². The first kappa shape index (κ1) is 16.9. The quantitative estimate of drug-likeness (QED) is 0.910. The van der Waals surface area contributed by atoms with Crippen LogP contribution in [0.25, 0.3) is 0 Å². The summed E-state index contributed by atoms with van der Waals surface area (Å²) in [5, 5.41) is 9.00. The Morgan fingerprint density at radius 1 is 1.20 bits per heavy atom. The van der Waals surface area contributed by atoms with Crippen molar-refractivity contribution in [1.29, 1.82) is 0 Å². The predicted molar refractivity (Wildman–Crippen MR) is 89.1 cm³/mol. The molecular formula is C17H20N4O4. The minimum absolute atomic E-state index is 0.0721. The Kier molecular flexibility index (Phi) is 4.97. The SMILES string of the molecule is Cc1ncccc1Oc1ncnc(OC2CCN(C(=O)O)CC2)c1C. The second-order valence-electron chi connectivity index (χ2n) is 5.88. The lowest BCUT2D eigenvalue weighted by molar-refractivity contribution is 0.0864. The summed E-state index contributed by atoms with van der Waals surface area (Å²) in [4.78, 5) is 24.9. The van der Waals surface area contributed by atoms with Gasteiger partial charge in [0.05, 0.1) is 11.3 Å². The largest absolute Gasteiger partial charge is 0.474 e. The van der Waals surface area contributed by atoms with Crippen LogP contribution in [0, 0.1) is 13.8 Å². The van der Waals surface area contributed by atoms with Crippen molar-refractivity contribution in [3.05, 3.63) is 35.9 Å². The molecule has 132 valence electrons. The lowest BCUT2D eigenvalue weighted by Crippen LogP contribution is -2.41. The Balaban J connectivity index is 1.69. The van der Waals surface area contributed by atoms with Gasteiger partial charge in [0.15, 0.2) is 5.75 Å². The fourth-order valence-corrected chi connectivity index (χ4v) is 2.64. The molecule has 0 spiro atoms. The van der Waals surface area contributed by atoms with Gasteiger partial charge >= 0.3 is 6.09 Å². The van der Waals surface area contributed by atoms with Crippen molar-refractivity contribution in [2.24, 2.45) is 0 Å². The summed E-state index contributed by atoms with van der Waals surface area (Å²) >= 11 is 0. The molecule has 3 heterocycles. The van der Waals surface area contributed by atoms with Crippen LogP contribution in [0.15, 0.2) is 24.7 Å². The smallest absolute Gasteiger partial charge is 0.407 e. The summed E-state index contributed by atoms with van der Waals surface area (Å²) in [5.74, 6) is 1.51. The monoisotopic (exact) mass is 344 g/mol. The molecule has 0 bridgehead atoms. The van der Waals surface area contributed by atoms with Crippen LogP contribution >= 0.6 is 0 Å². The molecule has 1 N–H and O–H groups in total. The molecule has 0 aromatic carbocycles. The highest BCUT2D eigenvalue weighted by Crippen LogP contribution is 2.29. The summed E-state index contributed by atoms with van der Waals surface area (Å²) in [6.45, 7) is 4.62. The van der Waals surface area contributed by atoms with Crippen molar-refractivity contribution in [2.45, 2.75) is 32.8 Å². The molecule has 1 fully saturated rings. The Hall–Kier alpha value is -2.90. The van der Waals surface area contributed by atoms with Crippen LogP contribution in [0.5, 0.6) is 17.5 Å². The number of aromatic nitrogens is 3.